The largest absolute Gasteiger partial charge is 0.326 e. The molecule has 82 valence electrons. The maximum absolute atomic E-state index is 5.87. The summed E-state index contributed by atoms with van der Waals surface area (Å²) >= 11 is 0. The van der Waals surface area contributed by atoms with Gasteiger partial charge in [0.1, 0.15) is 0 Å². The average Bonchev–Trinajstić information content (AvgIpc) is 2.83. The summed E-state index contributed by atoms with van der Waals surface area (Å²) in [6.45, 7) is 0.661. The summed E-state index contributed by atoms with van der Waals surface area (Å²) in [5, 5.41) is 7.76. The lowest BCUT2D eigenvalue weighted by atomic mass is 9.98. The molecule has 2 saturated carbocycles. The van der Waals surface area contributed by atoms with Gasteiger partial charge in [0.2, 0.25) is 0 Å². The highest BCUT2D eigenvalue weighted by Gasteiger charge is 2.31. The highest BCUT2D eigenvalue weighted by molar-refractivity contribution is 5.33. The fraction of sp³-hybridized carbons (Fsp3) is 0.750. The molecule has 0 aliphatic heterocycles. The van der Waals surface area contributed by atoms with Gasteiger partial charge in [0.15, 0.2) is 0 Å². The number of hydrogen-bond acceptors (Lipinski definition) is 2. The number of aromatic amines is 1. The quantitative estimate of drug-likeness (QED) is 0.796. The van der Waals surface area contributed by atoms with Crippen LogP contribution in [-0.2, 0) is 6.54 Å². The number of aromatic nitrogens is 2. The summed E-state index contributed by atoms with van der Waals surface area (Å²) in [4.78, 5) is 0. The van der Waals surface area contributed by atoms with Gasteiger partial charge in [-0.1, -0.05) is 12.8 Å². The van der Waals surface area contributed by atoms with Crippen molar-refractivity contribution in [2.24, 2.45) is 5.73 Å². The van der Waals surface area contributed by atoms with E-state index in [4.69, 9.17) is 5.73 Å². The zero-order valence-corrected chi connectivity index (χ0v) is 9.13. The first-order valence-electron chi connectivity index (χ1n) is 6.17. The standard InChI is InChI=1S/C12H19N3/c13-7-10-11(8-3-1-2-4-8)14-15-12(10)9-5-6-9/h8-9H,1-7,13H2,(H,14,15). The number of H-pyrrole nitrogens is 1. The van der Waals surface area contributed by atoms with Gasteiger partial charge >= 0.3 is 0 Å². The van der Waals surface area contributed by atoms with Crippen LogP contribution in [0.3, 0.4) is 0 Å². The number of nitrogens with two attached hydrogens (primary N) is 1. The summed E-state index contributed by atoms with van der Waals surface area (Å²) in [5.74, 6) is 1.43. The molecule has 2 aliphatic rings. The Morgan fingerprint density at radius 2 is 1.87 bits per heavy atom. The molecule has 1 heterocycles. The van der Waals surface area contributed by atoms with Gasteiger partial charge in [0.05, 0.1) is 5.69 Å². The molecule has 15 heavy (non-hydrogen) atoms. The molecule has 0 radical (unpaired) electrons. The molecule has 1 aromatic heterocycles. The van der Waals surface area contributed by atoms with Crippen LogP contribution in [0.25, 0.3) is 0 Å². The van der Waals surface area contributed by atoms with Crippen molar-refractivity contribution in [1.82, 2.24) is 10.2 Å². The van der Waals surface area contributed by atoms with Crippen molar-refractivity contribution >= 4 is 0 Å². The first-order valence-corrected chi connectivity index (χ1v) is 6.17. The third-order valence-electron chi connectivity index (χ3n) is 3.86. The Balaban J connectivity index is 1.92. The second-order valence-electron chi connectivity index (χ2n) is 4.96. The number of hydrogen-bond donors (Lipinski definition) is 2. The number of rotatable bonds is 3. The highest BCUT2D eigenvalue weighted by Crippen LogP contribution is 2.43. The Morgan fingerprint density at radius 1 is 1.13 bits per heavy atom. The second-order valence-corrected chi connectivity index (χ2v) is 4.96. The van der Waals surface area contributed by atoms with Gasteiger partial charge in [-0.2, -0.15) is 5.10 Å². The minimum Gasteiger partial charge on any atom is -0.326 e. The molecule has 2 fully saturated rings. The zero-order valence-electron chi connectivity index (χ0n) is 9.13. The van der Waals surface area contributed by atoms with E-state index in [1.54, 1.807) is 0 Å². The third kappa shape index (κ3) is 1.59. The minimum atomic E-state index is 0.661. The average molecular weight is 205 g/mol. The smallest absolute Gasteiger partial charge is 0.0700 e. The third-order valence-corrected chi connectivity index (χ3v) is 3.86. The monoisotopic (exact) mass is 205 g/mol. The van der Waals surface area contributed by atoms with Crippen LogP contribution in [0.5, 0.6) is 0 Å². The van der Waals surface area contributed by atoms with Gasteiger partial charge in [0, 0.05) is 29.6 Å². The maximum Gasteiger partial charge on any atom is 0.0700 e. The molecule has 0 aromatic carbocycles. The Labute approximate surface area is 90.4 Å². The Bertz CT molecular complexity index is 346. The molecular weight excluding hydrogens is 186 g/mol. The van der Waals surface area contributed by atoms with Crippen molar-refractivity contribution in [2.45, 2.75) is 56.9 Å². The summed E-state index contributed by atoms with van der Waals surface area (Å²) in [6.07, 6.45) is 7.98. The van der Waals surface area contributed by atoms with E-state index < -0.39 is 0 Å². The van der Waals surface area contributed by atoms with E-state index >= 15 is 0 Å². The molecule has 0 saturated heterocycles. The summed E-state index contributed by atoms with van der Waals surface area (Å²) in [7, 11) is 0. The van der Waals surface area contributed by atoms with Crippen LogP contribution in [0.4, 0.5) is 0 Å². The van der Waals surface area contributed by atoms with Gasteiger partial charge in [-0.05, 0) is 25.7 Å². The van der Waals surface area contributed by atoms with Gasteiger partial charge in [-0.25, -0.2) is 0 Å². The van der Waals surface area contributed by atoms with E-state index in [2.05, 4.69) is 10.2 Å². The Kier molecular flexibility index (Phi) is 2.28. The predicted octanol–water partition coefficient (Wildman–Crippen LogP) is 2.40. The molecule has 0 unspecified atom stereocenters. The predicted molar refractivity (Wildman–Crippen MR) is 59.7 cm³/mol. The van der Waals surface area contributed by atoms with Crippen molar-refractivity contribution in [2.75, 3.05) is 0 Å². The van der Waals surface area contributed by atoms with Gasteiger partial charge in [-0.3, -0.25) is 5.10 Å². The van der Waals surface area contributed by atoms with Crippen molar-refractivity contribution in [3.8, 4) is 0 Å². The maximum atomic E-state index is 5.87. The minimum absolute atomic E-state index is 0.661. The van der Waals surface area contributed by atoms with E-state index in [-0.39, 0.29) is 0 Å². The molecule has 0 amide bonds. The van der Waals surface area contributed by atoms with Crippen molar-refractivity contribution in [3.63, 3.8) is 0 Å². The van der Waals surface area contributed by atoms with Crippen molar-refractivity contribution < 1.29 is 0 Å². The molecule has 3 nitrogen and oxygen atoms in total. The molecule has 3 N–H and O–H groups in total. The molecule has 3 heteroatoms. The SMILES string of the molecule is NCc1c(C2CCCC2)n[nH]c1C1CC1. The number of nitrogens with zero attached hydrogens (tertiary/aromatic N) is 1. The molecule has 3 rings (SSSR count). The summed E-state index contributed by atoms with van der Waals surface area (Å²) in [6, 6.07) is 0. The van der Waals surface area contributed by atoms with Crippen LogP contribution >= 0.6 is 0 Å². The van der Waals surface area contributed by atoms with E-state index in [1.165, 1.54) is 55.5 Å². The lowest BCUT2D eigenvalue weighted by Gasteiger charge is -2.08. The Morgan fingerprint density at radius 3 is 2.47 bits per heavy atom. The van der Waals surface area contributed by atoms with E-state index in [0.717, 1.165) is 5.92 Å². The van der Waals surface area contributed by atoms with Crippen LogP contribution in [0.1, 0.15) is 67.3 Å². The fourth-order valence-corrected chi connectivity index (χ4v) is 2.85. The van der Waals surface area contributed by atoms with E-state index in [0.29, 0.717) is 12.5 Å². The lowest BCUT2D eigenvalue weighted by Crippen LogP contribution is -2.04. The van der Waals surface area contributed by atoms with E-state index in [1.807, 2.05) is 0 Å². The zero-order chi connectivity index (χ0) is 10.3. The van der Waals surface area contributed by atoms with Crippen LogP contribution in [0, 0.1) is 0 Å². The van der Waals surface area contributed by atoms with Crippen molar-refractivity contribution in [3.05, 3.63) is 17.0 Å². The van der Waals surface area contributed by atoms with Crippen LogP contribution in [0.2, 0.25) is 0 Å². The molecule has 2 aliphatic carbocycles. The van der Waals surface area contributed by atoms with Gasteiger partial charge < -0.3 is 5.73 Å². The molecule has 0 atom stereocenters. The first-order chi connectivity index (χ1) is 7.40. The van der Waals surface area contributed by atoms with Crippen LogP contribution in [0.15, 0.2) is 0 Å². The lowest BCUT2D eigenvalue weighted by molar-refractivity contribution is 0.684. The Hall–Kier alpha value is -0.830. The molecule has 1 aromatic rings. The summed E-state index contributed by atoms with van der Waals surface area (Å²) in [5.41, 5.74) is 9.84. The van der Waals surface area contributed by atoms with Crippen LogP contribution in [-0.4, -0.2) is 10.2 Å². The second kappa shape index (κ2) is 3.63. The fourth-order valence-electron chi connectivity index (χ4n) is 2.85. The number of nitrogens with one attached hydrogen (secondary N) is 1. The topological polar surface area (TPSA) is 54.7 Å². The summed E-state index contributed by atoms with van der Waals surface area (Å²) < 4.78 is 0. The molecular formula is C12H19N3. The van der Waals surface area contributed by atoms with Crippen molar-refractivity contribution in [1.29, 1.82) is 0 Å². The molecule has 0 bridgehead atoms. The highest BCUT2D eigenvalue weighted by atomic mass is 15.1. The van der Waals surface area contributed by atoms with Gasteiger partial charge in [-0.15, -0.1) is 0 Å². The van der Waals surface area contributed by atoms with Crippen LogP contribution < -0.4 is 5.73 Å². The molecule has 0 spiro atoms. The van der Waals surface area contributed by atoms with E-state index in [9.17, 15) is 0 Å². The normalized spacial score (nSPS) is 22.5. The first kappa shape index (κ1) is 9.40. The van der Waals surface area contributed by atoms with Gasteiger partial charge in [0.25, 0.3) is 0 Å².